The molecule has 1 aliphatic heterocycles. The Morgan fingerprint density at radius 1 is 0.971 bits per heavy atom. The monoisotopic (exact) mass is 497 g/mol. The number of ether oxygens (including phenoxy) is 3. The van der Waals surface area contributed by atoms with Crippen molar-refractivity contribution in [2.45, 2.75) is 13.1 Å². The minimum absolute atomic E-state index is 0.394. The van der Waals surface area contributed by atoms with E-state index in [4.69, 9.17) is 41.8 Å². The molecule has 0 radical (unpaired) electrons. The molecule has 0 unspecified atom stereocenters. The van der Waals surface area contributed by atoms with Gasteiger partial charge < -0.3 is 18.6 Å². The van der Waals surface area contributed by atoms with Gasteiger partial charge in [0.05, 0.1) is 25.3 Å². The van der Waals surface area contributed by atoms with Gasteiger partial charge in [0.2, 0.25) is 0 Å². The van der Waals surface area contributed by atoms with E-state index in [1.165, 1.54) is 0 Å². The third-order valence-electron chi connectivity index (χ3n) is 5.85. The van der Waals surface area contributed by atoms with Crippen molar-refractivity contribution in [2.75, 3.05) is 21.0 Å². The Labute approximate surface area is 206 Å². The Morgan fingerprint density at radius 2 is 1.79 bits per heavy atom. The molecule has 0 amide bonds. The average Bonchev–Trinajstić information content (AvgIpc) is 2.85. The maximum atomic E-state index is 13.0. The van der Waals surface area contributed by atoms with Crippen molar-refractivity contribution < 1.29 is 18.6 Å². The van der Waals surface area contributed by atoms with Gasteiger partial charge in [-0.2, -0.15) is 0 Å². The van der Waals surface area contributed by atoms with Crippen LogP contribution in [-0.2, 0) is 13.1 Å². The SMILES string of the molecule is COc1ccc(-c2cc3ccc4c(c3oc2=O)CN(Cc2ccc(Cl)cc2Cl)CO4)cc1OC. The van der Waals surface area contributed by atoms with Crippen molar-refractivity contribution in [2.24, 2.45) is 0 Å². The highest BCUT2D eigenvalue weighted by Crippen LogP contribution is 2.36. The average molecular weight is 498 g/mol. The van der Waals surface area contributed by atoms with Crippen LogP contribution in [-0.4, -0.2) is 25.9 Å². The molecule has 0 saturated carbocycles. The molecule has 6 nitrogen and oxygen atoms in total. The van der Waals surface area contributed by atoms with Crippen LogP contribution in [0.5, 0.6) is 17.2 Å². The van der Waals surface area contributed by atoms with Crippen LogP contribution in [0.25, 0.3) is 22.1 Å². The maximum absolute atomic E-state index is 13.0. The molecule has 0 spiro atoms. The van der Waals surface area contributed by atoms with Crippen LogP contribution in [0.3, 0.4) is 0 Å². The van der Waals surface area contributed by atoms with Crippen molar-refractivity contribution in [3.8, 4) is 28.4 Å². The first kappa shape index (κ1) is 22.6. The van der Waals surface area contributed by atoms with Gasteiger partial charge in [0.15, 0.2) is 11.5 Å². The van der Waals surface area contributed by atoms with Crippen LogP contribution in [0.1, 0.15) is 11.1 Å². The normalized spacial score (nSPS) is 13.4. The van der Waals surface area contributed by atoms with Crippen molar-refractivity contribution >= 4 is 34.2 Å². The lowest BCUT2D eigenvalue weighted by molar-refractivity contribution is 0.0890. The molecular weight excluding hydrogens is 477 g/mol. The molecule has 0 N–H and O–H groups in total. The zero-order valence-corrected chi connectivity index (χ0v) is 20.1. The molecule has 3 aromatic carbocycles. The fraction of sp³-hybridized carbons (Fsp3) is 0.192. The molecule has 0 fully saturated rings. The zero-order chi connectivity index (χ0) is 23.8. The lowest BCUT2D eigenvalue weighted by atomic mass is 10.0. The van der Waals surface area contributed by atoms with Crippen LogP contribution in [0, 0.1) is 0 Å². The minimum Gasteiger partial charge on any atom is -0.493 e. The number of benzene rings is 3. The molecule has 4 aromatic rings. The van der Waals surface area contributed by atoms with Gasteiger partial charge in [-0.05, 0) is 53.6 Å². The molecular formula is C26H21Cl2NO5. The highest BCUT2D eigenvalue weighted by Gasteiger charge is 2.23. The molecule has 0 saturated heterocycles. The van der Waals surface area contributed by atoms with Crippen molar-refractivity contribution in [3.05, 3.63) is 86.2 Å². The van der Waals surface area contributed by atoms with Gasteiger partial charge in [-0.15, -0.1) is 0 Å². The quantitative estimate of drug-likeness (QED) is 0.308. The second-order valence-corrected chi connectivity index (χ2v) is 8.82. The first-order chi connectivity index (χ1) is 16.5. The first-order valence-electron chi connectivity index (χ1n) is 10.6. The molecule has 8 heteroatoms. The summed E-state index contributed by atoms with van der Waals surface area (Å²) in [6.45, 7) is 1.51. The molecule has 5 rings (SSSR count). The van der Waals surface area contributed by atoms with Crippen LogP contribution < -0.4 is 19.8 Å². The molecule has 0 aliphatic carbocycles. The Bertz CT molecular complexity index is 1450. The number of hydrogen-bond donors (Lipinski definition) is 0. The van der Waals surface area contributed by atoms with Gasteiger partial charge >= 0.3 is 5.63 Å². The Kier molecular flexibility index (Phi) is 6.13. The summed E-state index contributed by atoms with van der Waals surface area (Å²) in [7, 11) is 3.12. The lowest BCUT2D eigenvalue weighted by Gasteiger charge is -2.29. The molecule has 0 bridgehead atoms. The second kappa shape index (κ2) is 9.22. The summed E-state index contributed by atoms with van der Waals surface area (Å²) in [5.74, 6) is 1.83. The summed E-state index contributed by atoms with van der Waals surface area (Å²) >= 11 is 12.4. The topological polar surface area (TPSA) is 61.1 Å². The van der Waals surface area contributed by atoms with Gasteiger partial charge in [0, 0.05) is 28.5 Å². The molecule has 34 heavy (non-hydrogen) atoms. The van der Waals surface area contributed by atoms with Gasteiger partial charge in [-0.25, -0.2) is 4.79 Å². The largest absolute Gasteiger partial charge is 0.493 e. The third-order valence-corrected chi connectivity index (χ3v) is 6.44. The summed E-state index contributed by atoms with van der Waals surface area (Å²) in [6, 6.07) is 16.4. The predicted octanol–water partition coefficient (Wildman–Crippen LogP) is 6.14. The Morgan fingerprint density at radius 3 is 2.56 bits per heavy atom. The summed E-state index contributed by atoms with van der Waals surface area (Å²) in [6.07, 6.45) is 0. The molecule has 1 aliphatic rings. The summed E-state index contributed by atoms with van der Waals surface area (Å²) < 4.78 is 22.5. The van der Waals surface area contributed by atoms with Crippen molar-refractivity contribution in [3.63, 3.8) is 0 Å². The van der Waals surface area contributed by atoms with E-state index in [1.54, 1.807) is 38.5 Å². The number of methoxy groups -OCH3 is 2. The fourth-order valence-electron chi connectivity index (χ4n) is 4.14. The van der Waals surface area contributed by atoms with E-state index in [1.807, 2.05) is 30.3 Å². The van der Waals surface area contributed by atoms with E-state index >= 15 is 0 Å². The van der Waals surface area contributed by atoms with E-state index < -0.39 is 5.63 Å². The summed E-state index contributed by atoms with van der Waals surface area (Å²) in [5.41, 5.74) is 2.96. The summed E-state index contributed by atoms with van der Waals surface area (Å²) in [5, 5.41) is 1.99. The number of rotatable bonds is 5. The molecule has 1 aromatic heterocycles. The first-order valence-corrected chi connectivity index (χ1v) is 11.3. The molecule has 174 valence electrons. The smallest absolute Gasteiger partial charge is 0.344 e. The number of fused-ring (bicyclic) bond motifs is 3. The van der Waals surface area contributed by atoms with E-state index in [2.05, 4.69) is 4.90 Å². The molecule has 2 heterocycles. The predicted molar refractivity (Wildman–Crippen MR) is 132 cm³/mol. The van der Waals surface area contributed by atoms with Crippen LogP contribution in [0.2, 0.25) is 10.0 Å². The Hall–Kier alpha value is -3.19. The van der Waals surface area contributed by atoms with Gasteiger partial charge in [-0.3, -0.25) is 4.90 Å². The van der Waals surface area contributed by atoms with E-state index in [0.717, 1.165) is 16.5 Å². The lowest BCUT2D eigenvalue weighted by Crippen LogP contribution is -2.31. The summed E-state index contributed by atoms with van der Waals surface area (Å²) in [4.78, 5) is 15.1. The van der Waals surface area contributed by atoms with Crippen molar-refractivity contribution in [1.29, 1.82) is 0 Å². The van der Waals surface area contributed by atoms with E-state index in [9.17, 15) is 4.79 Å². The van der Waals surface area contributed by atoms with Gasteiger partial charge in [0.1, 0.15) is 18.1 Å². The number of nitrogens with zero attached hydrogens (tertiary/aromatic N) is 1. The number of halogens is 2. The minimum atomic E-state index is -0.439. The highest BCUT2D eigenvalue weighted by molar-refractivity contribution is 6.35. The fourth-order valence-corrected chi connectivity index (χ4v) is 4.60. The van der Waals surface area contributed by atoms with E-state index in [-0.39, 0.29) is 0 Å². The van der Waals surface area contributed by atoms with Crippen LogP contribution >= 0.6 is 23.2 Å². The highest BCUT2D eigenvalue weighted by atomic mass is 35.5. The van der Waals surface area contributed by atoms with Crippen LogP contribution in [0.15, 0.2) is 63.8 Å². The number of hydrogen-bond acceptors (Lipinski definition) is 6. The van der Waals surface area contributed by atoms with Crippen LogP contribution in [0.4, 0.5) is 0 Å². The molecule has 0 atom stereocenters. The van der Waals surface area contributed by atoms with Gasteiger partial charge in [0.25, 0.3) is 0 Å². The van der Waals surface area contributed by atoms with Gasteiger partial charge in [-0.1, -0.05) is 35.3 Å². The standard InChI is InChI=1S/C26H21Cl2NO5/c1-31-23-8-4-15(10-24(23)32-2)19-9-16-5-7-22-20(25(16)34-26(19)30)13-29(14-33-22)12-17-3-6-18(27)11-21(17)28/h3-11H,12-14H2,1-2H3. The third kappa shape index (κ3) is 4.20. The second-order valence-electron chi connectivity index (χ2n) is 7.97. The Balaban J connectivity index is 1.50. The van der Waals surface area contributed by atoms with Crippen molar-refractivity contribution in [1.82, 2.24) is 4.90 Å². The maximum Gasteiger partial charge on any atom is 0.344 e. The zero-order valence-electron chi connectivity index (χ0n) is 18.6. The van der Waals surface area contributed by atoms with E-state index in [0.29, 0.717) is 63.8 Å².